The molecule has 0 radical (unpaired) electrons. The topological polar surface area (TPSA) is 52.9 Å². The summed E-state index contributed by atoms with van der Waals surface area (Å²) in [6.45, 7) is 2.02. The van der Waals surface area contributed by atoms with Gasteiger partial charge in [0.15, 0.2) is 0 Å². The number of benzene rings is 2. The smallest absolute Gasteiger partial charge is 0.224 e. The number of nitrogens with zero attached hydrogens (tertiary/aromatic N) is 1. The molecular weight excluding hydrogens is 344 g/mol. The molecule has 2 aromatic rings. The summed E-state index contributed by atoms with van der Waals surface area (Å²) in [5.74, 6) is 1.04. The highest BCUT2D eigenvalue weighted by molar-refractivity contribution is 6.31. The number of nitrogens with one attached hydrogen (secondary N) is 1. The lowest BCUT2D eigenvalue weighted by atomic mass is 9.77. The minimum Gasteiger partial charge on any atom is -0.326 e. The van der Waals surface area contributed by atoms with Crippen molar-refractivity contribution in [1.82, 2.24) is 0 Å². The zero-order chi connectivity index (χ0) is 18.5. The van der Waals surface area contributed by atoms with Crippen molar-refractivity contribution >= 4 is 23.2 Å². The summed E-state index contributed by atoms with van der Waals surface area (Å²) in [6.07, 6.45) is 4.90. The number of anilines is 1. The van der Waals surface area contributed by atoms with Crippen molar-refractivity contribution in [3.05, 3.63) is 64.2 Å². The molecule has 1 saturated carbocycles. The van der Waals surface area contributed by atoms with E-state index in [1.54, 1.807) is 24.3 Å². The molecule has 1 amide bonds. The van der Waals surface area contributed by atoms with E-state index in [9.17, 15) is 4.79 Å². The fourth-order valence-corrected chi connectivity index (χ4v) is 3.85. The average Bonchev–Trinajstić information content (AvgIpc) is 2.65. The lowest BCUT2D eigenvalue weighted by Gasteiger charge is -2.28. The van der Waals surface area contributed by atoms with Gasteiger partial charge in [-0.3, -0.25) is 4.79 Å². The van der Waals surface area contributed by atoms with Gasteiger partial charge in [-0.25, -0.2) is 0 Å². The summed E-state index contributed by atoms with van der Waals surface area (Å²) in [5.41, 5.74) is 3.78. The van der Waals surface area contributed by atoms with E-state index in [-0.39, 0.29) is 5.91 Å². The molecule has 0 heterocycles. The Hall–Kier alpha value is -2.31. The molecular formula is C22H23ClN2O. The number of halogens is 1. The van der Waals surface area contributed by atoms with Crippen molar-refractivity contribution in [2.45, 2.75) is 44.9 Å². The summed E-state index contributed by atoms with van der Waals surface area (Å²) in [7, 11) is 0. The van der Waals surface area contributed by atoms with Gasteiger partial charge in [0.25, 0.3) is 0 Å². The Morgan fingerprint density at radius 1 is 1.15 bits per heavy atom. The van der Waals surface area contributed by atoms with Crippen LogP contribution in [0.4, 0.5) is 5.69 Å². The van der Waals surface area contributed by atoms with E-state index in [0.29, 0.717) is 23.8 Å². The van der Waals surface area contributed by atoms with Crippen LogP contribution in [-0.4, -0.2) is 5.91 Å². The molecule has 0 aliphatic heterocycles. The molecule has 0 bridgehead atoms. The highest BCUT2D eigenvalue weighted by atomic mass is 35.5. The minimum atomic E-state index is 0.0524. The van der Waals surface area contributed by atoms with Crippen molar-refractivity contribution in [3.63, 3.8) is 0 Å². The first-order valence-corrected chi connectivity index (χ1v) is 9.49. The number of carbonyl (C=O) groups excluding carboxylic acids is 1. The molecule has 3 rings (SSSR count). The van der Waals surface area contributed by atoms with Gasteiger partial charge in [0.05, 0.1) is 11.6 Å². The fourth-order valence-electron chi connectivity index (χ4n) is 3.67. The molecule has 0 atom stereocenters. The van der Waals surface area contributed by atoms with Crippen LogP contribution in [0.15, 0.2) is 42.5 Å². The normalized spacial score (nSPS) is 19.6. The van der Waals surface area contributed by atoms with E-state index >= 15 is 0 Å². The van der Waals surface area contributed by atoms with Gasteiger partial charge in [-0.05, 0) is 85.9 Å². The molecule has 0 aromatic heterocycles. The van der Waals surface area contributed by atoms with Crippen LogP contribution in [0.2, 0.25) is 5.02 Å². The predicted octanol–water partition coefficient (Wildman–Crippen LogP) is 5.82. The van der Waals surface area contributed by atoms with Gasteiger partial charge in [-0.1, -0.05) is 23.7 Å². The van der Waals surface area contributed by atoms with Crippen molar-refractivity contribution < 1.29 is 4.79 Å². The van der Waals surface area contributed by atoms with Gasteiger partial charge >= 0.3 is 0 Å². The summed E-state index contributed by atoms with van der Waals surface area (Å²) in [5, 5.41) is 12.6. The number of carbonyl (C=O) groups is 1. The van der Waals surface area contributed by atoms with Gasteiger partial charge < -0.3 is 5.32 Å². The Kier molecular flexibility index (Phi) is 5.96. The molecule has 134 valence electrons. The zero-order valence-electron chi connectivity index (χ0n) is 15.0. The van der Waals surface area contributed by atoms with Crippen LogP contribution in [-0.2, 0) is 4.79 Å². The molecule has 4 heteroatoms. The quantitative estimate of drug-likeness (QED) is 0.740. The molecule has 1 N–H and O–H groups in total. The van der Waals surface area contributed by atoms with Gasteiger partial charge in [0.1, 0.15) is 0 Å². The van der Waals surface area contributed by atoms with Crippen LogP contribution >= 0.6 is 11.6 Å². The van der Waals surface area contributed by atoms with Crippen LogP contribution in [0.3, 0.4) is 0 Å². The first-order chi connectivity index (χ1) is 12.5. The Morgan fingerprint density at radius 3 is 2.46 bits per heavy atom. The Balaban J connectivity index is 1.49. The number of hydrogen-bond donors (Lipinski definition) is 1. The number of hydrogen-bond acceptors (Lipinski definition) is 2. The van der Waals surface area contributed by atoms with Gasteiger partial charge in [-0.15, -0.1) is 0 Å². The molecule has 0 unspecified atom stereocenters. The molecule has 1 aliphatic carbocycles. The fraction of sp³-hybridized carbons (Fsp3) is 0.364. The third kappa shape index (κ3) is 4.65. The Morgan fingerprint density at radius 2 is 1.85 bits per heavy atom. The molecule has 0 saturated heterocycles. The molecule has 1 aliphatic rings. The van der Waals surface area contributed by atoms with E-state index in [1.165, 1.54) is 5.56 Å². The van der Waals surface area contributed by atoms with Crippen molar-refractivity contribution in [3.8, 4) is 6.07 Å². The van der Waals surface area contributed by atoms with E-state index in [1.807, 2.05) is 6.92 Å². The number of amides is 1. The maximum absolute atomic E-state index is 12.3. The van der Waals surface area contributed by atoms with E-state index in [2.05, 4.69) is 29.6 Å². The standard InChI is InChI=1S/C22H23ClN2O/c1-15-2-7-19(13-21(15)23)18-8-3-16(4-9-18)12-22(26)25-20-10-5-17(14-24)6-11-20/h2,5-7,10-11,13,16,18H,3-4,8-9,12H2,1H3,(H,25,26). The maximum atomic E-state index is 12.3. The molecule has 2 aromatic carbocycles. The second kappa shape index (κ2) is 8.38. The van der Waals surface area contributed by atoms with Crippen molar-refractivity contribution in [1.29, 1.82) is 5.26 Å². The third-order valence-electron chi connectivity index (χ3n) is 5.29. The summed E-state index contributed by atoms with van der Waals surface area (Å²) < 4.78 is 0. The minimum absolute atomic E-state index is 0.0524. The monoisotopic (exact) mass is 366 g/mol. The predicted molar refractivity (Wildman–Crippen MR) is 105 cm³/mol. The highest BCUT2D eigenvalue weighted by Crippen LogP contribution is 2.38. The lowest BCUT2D eigenvalue weighted by molar-refractivity contribution is -0.117. The van der Waals surface area contributed by atoms with Crippen LogP contribution in [0.5, 0.6) is 0 Å². The maximum Gasteiger partial charge on any atom is 0.224 e. The molecule has 26 heavy (non-hydrogen) atoms. The lowest BCUT2D eigenvalue weighted by Crippen LogP contribution is -2.20. The van der Waals surface area contributed by atoms with Gasteiger partial charge in [0.2, 0.25) is 5.91 Å². The number of aryl methyl sites for hydroxylation is 1. The zero-order valence-corrected chi connectivity index (χ0v) is 15.7. The Labute approximate surface area is 160 Å². The summed E-state index contributed by atoms with van der Waals surface area (Å²) in [4.78, 5) is 12.3. The molecule has 0 spiro atoms. The average molecular weight is 367 g/mol. The highest BCUT2D eigenvalue weighted by Gasteiger charge is 2.24. The summed E-state index contributed by atoms with van der Waals surface area (Å²) >= 11 is 6.26. The van der Waals surface area contributed by atoms with Crippen LogP contribution < -0.4 is 5.32 Å². The van der Waals surface area contributed by atoms with Crippen LogP contribution in [0.25, 0.3) is 0 Å². The van der Waals surface area contributed by atoms with Gasteiger partial charge in [-0.2, -0.15) is 5.26 Å². The second-order valence-corrected chi connectivity index (χ2v) is 7.57. The van der Waals surface area contributed by atoms with Crippen LogP contribution in [0, 0.1) is 24.2 Å². The largest absolute Gasteiger partial charge is 0.326 e. The van der Waals surface area contributed by atoms with Crippen molar-refractivity contribution in [2.24, 2.45) is 5.92 Å². The van der Waals surface area contributed by atoms with E-state index in [0.717, 1.165) is 42.0 Å². The third-order valence-corrected chi connectivity index (χ3v) is 5.69. The van der Waals surface area contributed by atoms with E-state index in [4.69, 9.17) is 16.9 Å². The molecule has 3 nitrogen and oxygen atoms in total. The van der Waals surface area contributed by atoms with Crippen LogP contribution in [0.1, 0.15) is 54.7 Å². The first-order valence-electron chi connectivity index (χ1n) is 9.11. The first kappa shape index (κ1) is 18.5. The van der Waals surface area contributed by atoms with Crippen molar-refractivity contribution in [2.75, 3.05) is 5.32 Å². The molecule has 1 fully saturated rings. The second-order valence-electron chi connectivity index (χ2n) is 7.17. The summed E-state index contributed by atoms with van der Waals surface area (Å²) in [6, 6.07) is 15.4. The number of nitriles is 1. The van der Waals surface area contributed by atoms with E-state index < -0.39 is 0 Å². The SMILES string of the molecule is Cc1ccc(C2CCC(CC(=O)Nc3ccc(C#N)cc3)CC2)cc1Cl. The Bertz CT molecular complexity index is 815. The van der Waals surface area contributed by atoms with Gasteiger partial charge in [0, 0.05) is 17.1 Å². The number of rotatable bonds is 4.